The predicted molar refractivity (Wildman–Crippen MR) is 70.8 cm³/mol. The van der Waals surface area contributed by atoms with Crippen LogP contribution in [0.25, 0.3) is 0 Å². The maximum Gasteiger partial charge on any atom is 0.163 e. The minimum absolute atomic E-state index is 0.400. The molecule has 0 bridgehead atoms. The summed E-state index contributed by atoms with van der Waals surface area (Å²) in [6.45, 7) is 5.89. The lowest BCUT2D eigenvalue weighted by Crippen LogP contribution is -2.54. The summed E-state index contributed by atoms with van der Waals surface area (Å²) in [7, 11) is 0. The van der Waals surface area contributed by atoms with Crippen LogP contribution < -0.4 is 0 Å². The zero-order valence-electron chi connectivity index (χ0n) is 11.3. The molecule has 0 aromatic heterocycles. The topological polar surface area (TPSA) is 6.48 Å². The van der Waals surface area contributed by atoms with Crippen molar-refractivity contribution < 1.29 is 8.78 Å². The fourth-order valence-corrected chi connectivity index (χ4v) is 3.36. The first kappa shape index (κ1) is 13.0. The number of piperazine rings is 1. The van der Waals surface area contributed by atoms with Crippen molar-refractivity contribution in [2.45, 2.75) is 38.4 Å². The Morgan fingerprint density at radius 1 is 1.26 bits per heavy atom. The summed E-state index contributed by atoms with van der Waals surface area (Å²) in [5.74, 6) is -1.44. The average molecular weight is 266 g/mol. The number of hydrogen-bond acceptors (Lipinski definition) is 2. The van der Waals surface area contributed by atoms with E-state index in [1.807, 2.05) is 0 Å². The van der Waals surface area contributed by atoms with Gasteiger partial charge in [-0.15, -0.1) is 0 Å². The van der Waals surface area contributed by atoms with E-state index < -0.39 is 11.6 Å². The largest absolute Gasteiger partial charge is 0.298 e. The smallest absolute Gasteiger partial charge is 0.163 e. The molecule has 104 valence electrons. The Morgan fingerprint density at radius 3 is 2.95 bits per heavy atom. The van der Waals surface area contributed by atoms with Crippen molar-refractivity contribution in [2.75, 3.05) is 19.6 Å². The standard InChI is InChI=1S/C15H20F2N2/c1-11-8-18-7-3-5-13(18)10-19(11)9-12-4-2-6-14(16)15(12)17/h2,4,6,11,13H,3,5,7-10H2,1H3/t11-,13?/m0/s1. The van der Waals surface area contributed by atoms with Gasteiger partial charge in [-0.2, -0.15) is 0 Å². The van der Waals surface area contributed by atoms with E-state index in [0.29, 0.717) is 24.2 Å². The maximum absolute atomic E-state index is 13.7. The van der Waals surface area contributed by atoms with Gasteiger partial charge in [-0.25, -0.2) is 8.78 Å². The molecule has 2 nitrogen and oxygen atoms in total. The summed E-state index contributed by atoms with van der Waals surface area (Å²) in [4.78, 5) is 4.81. The van der Waals surface area contributed by atoms with Gasteiger partial charge < -0.3 is 0 Å². The number of benzene rings is 1. The molecule has 0 saturated carbocycles. The zero-order valence-corrected chi connectivity index (χ0v) is 11.3. The molecule has 1 unspecified atom stereocenters. The molecule has 4 heteroatoms. The van der Waals surface area contributed by atoms with Gasteiger partial charge >= 0.3 is 0 Å². The molecule has 2 atom stereocenters. The second kappa shape index (κ2) is 5.17. The van der Waals surface area contributed by atoms with Crippen molar-refractivity contribution >= 4 is 0 Å². The quantitative estimate of drug-likeness (QED) is 0.812. The van der Waals surface area contributed by atoms with Gasteiger partial charge in [0.15, 0.2) is 11.6 Å². The molecule has 19 heavy (non-hydrogen) atoms. The maximum atomic E-state index is 13.7. The monoisotopic (exact) mass is 266 g/mol. The van der Waals surface area contributed by atoms with Crippen LogP contribution in [0.2, 0.25) is 0 Å². The van der Waals surface area contributed by atoms with E-state index >= 15 is 0 Å². The van der Waals surface area contributed by atoms with Gasteiger partial charge in [0.05, 0.1) is 0 Å². The molecular formula is C15H20F2N2. The normalized spacial score (nSPS) is 28.6. The van der Waals surface area contributed by atoms with Crippen LogP contribution in [0.4, 0.5) is 8.78 Å². The van der Waals surface area contributed by atoms with Crippen molar-refractivity contribution in [3.63, 3.8) is 0 Å². The van der Waals surface area contributed by atoms with Crippen molar-refractivity contribution in [3.05, 3.63) is 35.4 Å². The first-order chi connectivity index (χ1) is 9.15. The summed E-state index contributed by atoms with van der Waals surface area (Å²) >= 11 is 0. The Kier molecular flexibility index (Phi) is 3.54. The molecule has 1 aromatic carbocycles. The van der Waals surface area contributed by atoms with E-state index in [4.69, 9.17) is 0 Å². The molecule has 0 aliphatic carbocycles. The van der Waals surface area contributed by atoms with E-state index in [0.717, 1.165) is 13.1 Å². The first-order valence-corrected chi connectivity index (χ1v) is 7.06. The summed E-state index contributed by atoms with van der Waals surface area (Å²) < 4.78 is 27.0. The summed E-state index contributed by atoms with van der Waals surface area (Å²) in [5.41, 5.74) is 0.471. The van der Waals surface area contributed by atoms with Crippen LogP contribution in [0.3, 0.4) is 0 Å². The Labute approximate surface area is 113 Å². The van der Waals surface area contributed by atoms with Crippen molar-refractivity contribution in [1.29, 1.82) is 0 Å². The number of hydrogen-bond donors (Lipinski definition) is 0. The number of halogens is 2. The molecule has 3 rings (SSSR count). The van der Waals surface area contributed by atoms with E-state index in [1.165, 1.54) is 25.5 Å². The van der Waals surface area contributed by atoms with Gasteiger partial charge in [0.2, 0.25) is 0 Å². The third-order valence-electron chi connectivity index (χ3n) is 4.47. The first-order valence-electron chi connectivity index (χ1n) is 7.06. The third-order valence-corrected chi connectivity index (χ3v) is 4.47. The fourth-order valence-electron chi connectivity index (χ4n) is 3.36. The molecule has 2 heterocycles. The van der Waals surface area contributed by atoms with E-state index in [2.05, 4.69) is 16.7 Å². The van der Waals surface area contributed by atoms with E-state index in [1.54, 1.807) is 12.1 Å². The van der Waals surface area contributed by atoms with Crippen molar-refractivity contribution in [3.8, 4) is 0 Å². The van der Waals surface area contributed by atoms with Crippen LogP contribution in [0.15, 0.2) is 18.2 Å². The molecule has 1 aromatic rings. The zero-order chi connectivity index (χ0) is 13.4. The number of fused-ring (bicyclic) bond motifs is 1. The third kappa shape index (κ3) is 2.51. The van der Waals surface area contributed by atoms with Crippen LogP contribution >= 0.6 is 0 Å². The molecule has 0 radical (unpaired) electrons. The minimum Gasteiger partial charge on any atom is -0.298 e. The Bertz CT molecular complexity index is 463. The lowest BCUT2D eigenvalue weighted by molar-refractivity contribution is 0.0532. The second-order valence-corrected chi connectivity index (χ2v) is 5.78. The SMILES string of the molecule is C[C@H]1CN2CCCC2CN1Cc1cccc(F)c1F. The van der Waals surface area contributed by atoms with Crippen LogP contribution in [0.1, 0.15) is 25.3 Å². The lowest BCUT2D eigenvalue weighted by Gasteiger charge is -2.42. The Balaban J connectivity index is 1.73. The molecule has 2 saturated heterocycles. The number of nitrogens with zero attached hydrogens (tertiary/aromatic N) is 2. The Hall–Kier alpha value is -1.00. The highest BCUT2D eigenvalue weighted by atomic mass is 19.2. The lowest BCUT2D eigenvalue weighted by atomic mass is 10.1. The van der Waals surface area contributed by atoms with E-state index in [9.17, 15) is 8.78 Å². The predicted octanol–water partition coefficient (Wildman–Crippen LogP) is 2.63. The minimum atomic E-state index is -0.746. The number of rotatable bonds is 2. The molecule has 2 aliphatic heterocycles. The van der Waals surface area contributed by atoms with Gasteiger partial charge in [-0.05, 0) is 32.4 Å². The summed E-state index contributed by atoms with van der Waals surface area (Å²) in [6.07, 6.45) is 2.49. The Morgan fingerprint density at radius 2 is 2.11 bits per heavy atom. The van der Waals surface area contributed by atoms with Crippen molar-refractivity contribution in [1.82, 2.24) is 9.80 Å². The second-order valence-electron chi connectivity index (χ2n) is 5.78. The van der Waals surface area contributed by atoms with Gasteiger partial charge in [-0.3, -0.25) is 9.80 Å². The molecular weight excluding hydrogens is 246 g/mol. The fraction of sp³-hybridized carbons (Fsp3) is 0.600. The highest BCUT2D eigenvalue weighted by molar-refractivity contribution is 5.19. The van der Waals surface area contributed by atoms with Gasteiger partial charge in [0.1, 0.15) is 0 Å². The van der Waals surface area contributed by atoms with Crippen LogP contribution in [-0.2, 0) is 6.54 Å². The molecule has 2 fully saturated rings. The van der Waals surface area contributed by atoms with Crippen molar-refractivity contribution in [2.24, 2.45) is 0 Å². The van der Waals surface area contributed by atoms with Gasteiger partial charge in [0, 0.05) is 37.3 Å². The van der Waals surface area contributed by atoms with Crippen LogP contribution in [0, 0.1) is 11.6 Å². The highest BCUT2D eigenvalue weighted by Crippen LogP contribution is 2.26. The van der Waals surface area contributed by atoms with Gasteiger partial charge in [-0.1, -0.05) is 12.1 Å². The molecule has 0 amide bonds. The highest BCUT2D eigenvalue weighted by Gasteiger charge is 2.34. The molecule has 0 spiro atoms. The van der Waals surface area contributed by atoms with Crippen LogP contribution in [-0.4, -0.2) is 41.5 Å². The molecule has 2 aliphatic rings. The van der Waals surface area contributed by atoms with Crippen LogP contribution in [0.5, 0.6) is 0 Å². The summed E-state index contributed by atoms with van der Waals surface area (Å²) in [5, 5.41) is 0. The van der Waals surface area contributed by atoms with E-state index in [-0.39, 0.29) is 0 Å². The summed E-state index contributed by atoms with van der Waals surface area (Å²) in [6, 6.07) is 5.46. The molecule has 0 N–H and O–H groups in total. The average Bonchev–Trinajstić information content (AvgIpc) is 2.82. The van der Waals surface area contributed by atoms with Gasteiger partial charge in [0.25, 0.3) is 0 Å².